The molecule has 21 heavy (non-hydrogen) atoms. The number of nitro benzene ring substituents is 1. The number of aromatic nitrogens is 4. The van der Waals surface area contributed by atoms with E-state index in [4.69, 9.17) is 11.6 Å². The van der Waals surface area contributed by atoms with Crippen LogP contribution in [0.2, 0.25) is 5.02 Å². The van der Waals surface area contributed by atoms with Crippen molar-refractivity contribution in [2.45, 2.75) is 17.9 Å². The van der Waals surface area contributed by atoms with Crippen LogP contribution < -0.4 is 4.72 Å². The van der Waals surface area contributed by atoms with Crippen LogP contribution in [0.15, 0.2) is 23.1 Å². The van der Waals surface area contributed by atoms with E-state index in [1.165, 1.54) is 13.0 Å². The third-order valence-electron chi connectivity index (χ3n) is 2.51. The highest BCUT2D eigenvalue weighted by molar-refractivity contribution is 7.89. The van der Waals surface area contributed by atoms with Crippen LogP contribution >= 0.6 is 11.6 Å². The number of aromatic amines is 1. The van der Waals surface area contributed by atoms with Gasteiger partial charge in [0.1, 0.15) is 5.02 Å². The van der Waals surface area contributed by atoms with E-state index in [1.807, 2.05) is 0 Å². The molecule has 0 aliphatic heterocycles. The average Bonchev–Trinajstić information content (AvgIpc) is 2.92. The molecule has 112 valence electrons. The number of hydrogen-bond acceptors (Lipinski definition) is 7. The molecule has 1 aromatic carbocycles. The Bertz CT molecular complexity index is 763. The zero-order chi connectivity index (χ0) is 15.6. The molecule has 0 bridgehead atoms. The van der Waals surface area contributed by atoms with E-state index in [-0.39, 0.29) is 15.7 Å². The standard InChI is InChI=1S/C9H9ClN6O4S/c1-5(9-11-14-15-12-9)13-21(19,20)6-2-3-7(10)8(4-6)16(17)18/h2-5,13H,1H3,(H,11,12,14,15). The van der Waals surface area contributed by atoms with Gasteiger partial charge in [0.25, 0.3) is 5.69 Å². The highest BCUT2D eigenvalue weighted by Gasteiger charge is 2.24. The van der Waals surface area contributed by atoms with Crippen LogP contribution in [0.5, 0.6) is 0 Å². The van der Waals surface area contributed by atoms with Gasteiger partial charge in [-0.3, -0.25) is 10.1 Å². The number of rotatable bonds is 5. The minimum atomic E-state index is -3.99. The van der Waals surface area contributed by atoms with E-state index in [2.05, 4.69) is 25.3 Å². The first-order valence-electron chi connectivity index (χ1n) is 5.51. The van der Waals surface area contributed by atoms with Crippen molar-refractivity contribution in [3.05, 3.63) is 39.2 Å². The predicted octanol–water partition coefficient (Wildman–Crippen LogP) is 0.801. The van der Waals surface area contributed by atoms with Gasteiger partial charge in [-0.25, -0.2) is 13.1 Å². The SMILES string of the molecule is CC(NS(=O)(=O)c1ccc(Cl)c([N+](=O)[O-])c1)c1nn[nH]n1. The highest BCUT2D eigenvalue weighted by atomic mass is 35.5. The van der Waals surface area contributed by atoms with Gasteiger partial charge in [-0.15, -0.1) is 10.2 Å². The van der Waals surface area contributed by atoms with Crippen molar-refractivity contribution in [3.63, 3.8) is 0 Å². The maximum atomic E-state index is 12.2. The Labute approximate surface area is 123 Å². The summed E-state index contributed by atoms with van der Waals surface area (Å²) in [5.41, 5.74) is -0.494. The van der Waals surface area contributed by atoms with Crippen LogP contribution in [-0.4, -0.2) is 34.0 Å². The summed E-state index contributed by atoms with van der Waals surface area (Å²) in [6.45, 7) is 1.51. The fourth-order valence-corrected chi connectivity index (χ4v) is 2.91. The topological polar surface area (TPSA) is 144 Å². The Kier molecular flexibility index (Phi) is 4.16. The number of sulfonamides is 1. The number of halogens is 1. The van der Waals surface area contributed by atoms with Gasteiger partial charge in [-0.2, -0.15) is 5.21 Å². The molecule has 0 aliphatic rings. The van der Waals surface area contributed by atoms with Gasteiger partial charge >= 0.3 is 0 Å². The van der Waals surface area contributed by atoms with Crippen LogP contribution in [0.1, 0.15) is 18.8 Å². The van der Waals surface area contributed by atoms with Crippen LogP contribution in [0.4, 0.5) is 5.69 Å². The maximum Gasteiger partial charge on any atom is 0.289 e. The van der Waals surface area contributed by atoms with E-state index < -0.39 is 26.7 Å². The van der Waals surface area contributed by atoms with Crippen LogP contribution in [0.3, 0.4) is 0 Å². The quantitative estimate of drug-likeness (QED) is 0.608. The van der Waals surface area contributed by atoms with Crippen molar-refractivity contribution < 1.29 is 13.3 Å². The van der Waals surface area contributed by atoms with Gasteiger partial charge in [0, 0.05) is 6.07 Å². The summed E-state index contributed by atoms with van der Waals surface area (Å²) in [5.74, 6) is 0.141. The molecule has 1 unspecified atom stereocenters. The van der Waals surface area contributed by atoms with E-state index in [0.717, 1.165) is 12.1 Å². The smallest absolute Gasteiger partial charge is 0.258 e. The maximum absolute atomic E-state index is 12.2. The summed E-state index contributed by atoms with van der Waals surface area (Å²) >= 11 is 5.64. The fraction of sp³-hybridized carbons (Fsp3) is 0.222. The Morgan fingerprint density at radius 3 is 2.76 bits per heavy atom. The Hall–Kier alpha value is -2.11. The second kappa shape index (κ2) is 5.71. The third-order valence-corrected chi connectivity index (χ3v) is 4.36. The number of nitrogens with one attached hydrogen (secondary N) is 2. The van der Waals surface area contributed by atoms with Gasteiger partial charge in [-0.05, 0) is 19.1 Å². The molecular weight excluding hydrogens is 324 g/mol. The average molecular weight is 333 g/mol. The summed E-state index contributed by atoms with van der Waals surface area (Å²) in [7, 11) is -3.99. The summed E-state index contributed by atoms with van der Waals surface area (Å²) in [6, 6.07) is 2.44. The van der Waals surface area contributed by atoms with E-state index in [9.17, 15) is 18.5 Å². The number of H-pyrrole nitrogens is 1. The van der Waals surface area contributed by atoms with Crippen LogP contribution in [0, 0.1) is 10.1 Å². The molecule has 2 N–H and O–H groups in total. The molecule has 0 spiro atoms. The molecule has 2 aromatic rings. The van der Waals surface area contributed by atoms with Crippen LogP contribution in [0.25, 0.3) is 0 Å². The summed E-state index contributed by atoms with van der Waals surface area (Å²) in [4.78, 5) is 9.74. The first-order valence-corrected chi connectivity index (χ1v) is 7.37. The largest absolute Gasteiger partial charge is 0.289 e. The molecule has 0 saturated heterocycles. The zero-order valence-electron chi connectivity index (χ0n) is 10.5. The third kappa shape index (κ3) is 3.32. The van der Waals surface area contributed by atoms with Gasteiger partial charge in [-0.1, -0.05) is 16.8 Å². The lowest BCUT2D eigenvalue weighted by Crippen LogP contribution is -2.27. The zero-order valence-corrected chi connectivity index (χ0v) is 12.1. The fourth-order valence-electron chi connectivity index (χ4n) is 1.51. The molecule has 0 saturated carbocycles. The van der Waals surface area contributed by atoms with Gasteiger partial charge in [0.15, 0.2) is 5.82 Å². The van der Waals surface area contributed by atoms with Crippen molar-refractivity contribution in [2.75, 3.05) is 0 Å². The Morgan fingerprint density at radius 1 is 1.48 bits per heavy atom. The Morgan fingerprint density at radius 2 is 2.19 bits per heavy atom. The van der Waals surface area contributed by atoms with Crippen molar-refractivity contribution in [1.82, 2.24) is 25.3 Å². The summed E-state index contributed by atoms with van der Waals surface area (Å²) < 4.78 is 26.6. The second-order valence-corrected chi connectivity index (χ2v) is 6.10. The van der Waals surface area contributed by atoms with Crippen molar-refractivity contribution in [1.29, 1.82) is 0 Å². The Balaban J connectivity index is 2.32. The lowest BCUT2D eigenvalue weighted by molar-refractivity contribution is -0.384. The number of nitrogens with zero attached hydrogens (tertiary/aromatic N) is 4. The predicted molar refractivity (Wildman–Crippen MR) is 71.0 cm³/mol. The van der Waals surface area contributed by atoms with Gasteiger partial charge in [0.2, 0.25) is 10.0 Å². The lowest BCUT2D eigenvalue weighted by atomic mass is 10.3. The molecule has 0 fully saturated rings. The van der Waals surface area contributed by atoms with E-state index in [0.29, 0.717) is 0 Å². The number of benzene rings is 1. The molecule has 0 amide bonds. The minimum Gasteiger partial charge on any atom is -0.258 e. The summed E-state index contributed by atoms with van der Waals surface area (Å²) in [5, 5.41) is 23.4. The molecule has 1 heterocycles. The van der Waals surface area contributed by atoms with Crippen molar-refractivity contribution >= 4 is 27.3 Å². The van der Waals surface area contributed by atoms with Gasteiger partial charge < -0.3 is 0 Å². The van der Waals surface area contributed by atoms with E-state index >= 15 is 0 Å². The number of hydrogen-bond donors (Lipinski definition) is 2. The lowest BCUT2D eigenvalue weighted by Gasteiger charge is -2.10. The highest BCUT2D eigenvalue weighted by Crippen LogP contribution is 2.27. The number of tetrazole rings is 1. The van der Waals surface area contributed by atoms with Crippen LogP contribution in [-0.2, 0) is 10.0 Å². The van der Waals surface area contributed by atoms with E-state index in [1.54, 1.807) is 0 Å². The molecule has 10 nitrogen and oxygen atoms in total. The normalized spacial score (nSPS) is 13.0. The van der Waals surface area contributed by atoms with Crippen molar-refractivity contribution in [3.8, 4) is 0 Å². The first-order chi connectivity index (χ1) is 9.81. The molecule has 12 heteroatoms. The molecule has 1 aromatic heterocycles. The molecular formula is C9H9ClN6O4S. The minimum absolute atomic E-state index is 0.141. The first kappa shape index (κ1) is 15.3. The molecule has 0 radical (unpaired) electrons. The molecule has 2 rings (SSSR count). The molecule has 1 atom stereocenters. The second-order valence-electron chi connectivity index (χ2n) is 3.98. The van der Waals surface area contributed by atoms with Crippen molar-refractivity contribution in [2.24, 2.45) is 0 Å². The number of nitro groups is 1. The molecule has 0 aliphatic carbocycles. The monoisotopic (exact) mass is 332 g/mol. The van der Waals surface area contributed by atoms with Gasteiger partial charge in [0.05, 0.1) is 15.9 Å². The summed E-state index contributed by atoms with van der Waals surface area (Å²) in [6.07, 6.45) is 0.